The molecule has 7 heteroatoms. The van der Waals surface area contributed by atoms with Crippen molar-refractivity contribution < 1.29 is 13.6 Å². The highest BCUT2D eigenvalue weighted by Crippen LogP contribution is 2.27. The van der Waals surface area contributed by atoms with Crippen LogP contribution in [0.2, 0.25) is 0 Å². The van der Waals surface area contributed by atoms with Crippen LogP contribution in [0.25, 0.3) is 22.4 Å². The lowest BCUT2D eigenvalue weighted by molar-refractivity contribution is -0.119. The van der Waals surface area contributed by atoms with Crippen molar-refractivity contribution in [3.05, 3.63) is 71.4 Å². The number of hydrogen-bond acceptors (Lipinski definition) is 5. The Balaban J connectivity index is 1.64. The number of carbonyl (C=O) groups excluding carboxylic acids is 1. The van der Waals surface area contributed by atoms with Crippen LogP contribution in [0.4, 0.5) is 5.69 Å². The van der Waals surface area contributed by atoms with Crippen molar-refractivity contribution in [2.45, 2.75) is 13.5 Å². The summed E-state index contributed by atoms with van der Waals surface area (Å²) >= 11 is 0. The molecule has 4 aromatic rings. The number of furan rings is 1. The number of likely N-dealkylation sites (N-methyl/N-ethyl adjacent to an activating group) is 1. The summed E-state index contributed by atoms with van der Waals surface area (Å²) in [6.07, 6.45) is 1.46. The predicted molar refractivity (Wildman–Crippen MR) is 100 cm³/mol. The van der Waals surface area contributed by atoms with Crippen LogP contribution in [0.1, 0.15) is 6.92 Å². The summed E-state index contributed by atoms with van der Waals surface area (Å²) in [5.74, 6) is -0.579. The molecule has 27 heavy (non-hydrogen) atoms. The summed E-state index contributed by atoms with van der Waals surface area (Å²) in [4.78, 5) is 26.6. The van der Waals surface area contributed by atoms with Crippen molar-refractivity contribution in [3.8, 4) is 11.7 Å². The quantitative estimate of drug-likeness (QED) is 0.543. The molecule has 0 bridgehead atoms. The molecule has 2 heterocycles. The fourth-order valence-corrected chi connectivity index (χ4v) is 3.04. The molecule has 7 nitrogen and oxygen atoms in total. The Morgan fingerprint density at radius 1 is 1.11 bits per heavy atom. The third-order valence-electron chi connectivity index (χ3n) is 4.30. The van der Waals surface area contributed by atoms with Gasteiger partial charge < -0.3 is 13.7 Å². The second-order valence-corrected chi connectivity index (χ2v) is 5.94. The third kappa shape index (κ3) is 3.15. The van der Waals surface area contributed by atoms with Crippen molar-refractivity contribution in [2.24, 2.45) is 0 Å². The van der Waals surface area contributed by atoms with Crippen LogP contribution in [0.3, 0.4) is 0 Å². The van der Waals surface area contributed by atoms with E-state index < -0.39 is 5.76 Å². The van der Waals surface area contributed by atoms with Crippen LogP contribution in [-0.4, -0.2) is 22.2 Å². The zero-order valence-corrected chi connectivity index (χ0v) is 14.7. The first-order chi connectivity index (χ1) is 13.2. The Labute approximate surface area is 154 Å². The Kier molecular flexibility index (Phi) is 4.33. The normalized spacial score (nSPS) is 11.0. The van der Waals surface area contributed by atoms with E-state index in [0.29, 0.717) is 12.3 Å². The molecular formula is C20H17N3O4. The summed E-state index contributed by atoms with van der Waals surface area (Å²) in [6, 6.07) is 16.9. The van der Waals surface area contributed by atoms with E-state index in [4.69, 9.17) is 8.83 Å². The molecule has 2 aromatic carbocycles. The molecule has 0 saturated heterocycles. The van der Waals surface area contributed by atoms with Gasteiger partial charge in [0.25, 0.3) is 5.89 Å². The van der Waals surface area contributed by atoms with Gasteiger partial charge in [0, 0.05) is 11.9 Å². The van der Waals surface area contributed by atoms with Gasteiger partial charge in [-0.15, -0.1) is 5.10 Å². The molecule has 136 valence electrons. The first-order valence-corrected chi connectivity index (χ1v) is 8.57. The van der Waals surface area contributed by atoms with Gasteiger partial charge >= 0.3 is 5.76 Å². The van der Waals surface area contributed by atoms with Gasteiger partial charge in [0.1, 0.15) is 6.54 Å². The molecule has 0 aliphatic carbocycles. The van der Waals surface area contributed by atoms with Crippen molar-refractivity contribution in [1.29, 1.82) is 0 Å². The zero-order valence-electron chi connectivity index (χ0n) is 14.7. The summed E-state index contributed by atoms with van der Waals surface area (Å²) in [7, 11) is 0. The van der Waals surface area contributed by atoms with Crippen LogP contribution in [0, 0.1) is 0 Å². The average molecular weight is 363 g/mol. The molecule has 0 saturated carbocycles. The molecule has 4 rings (SSSR count). The maximum absolute atomic E-state index is 12.9. The predicted octanol–water partition coefficient (Wildman–Crippen LogP) is 3.30. The molecule has 0 radical (unpaired) electrons. The van der Waals surface area contributed by atoms with Gasteiger partial charge in [-0.3, -0.25) is 4.79 Å². The molecule has 1 amide bonds. The maximum atomic E-state index is 12.9. The number of anilines is 1. The van der Waals surface area contributed by atoms with Crippen LogP contribution in [0.15, 0.2) is 74.5 Å². The van der Waals surface area contributed by atoms with Gasteiger partial charge in [0.05, 0.1) is 12.0 Å². The smallest absolute Gasteiger partial charge is 0.437 e. The van der Waals surface area contributed by atoms with Crippen molar-refractivity contribution in [3.63, 3.8) is 0 Å². The number of aromatic nitrogens is 2. The summed E-state index contributed by atoms with van der Waals surface area (Å²) in [5, 5.41) is 6.07. The molecule has 0 fully saturated rings. The Morgan fingerprint density at radius 2 is 1.93 bits per heavy atom. The number of hydrogen-bond donors (Lipinski definition) is 0. The van der Waals surface area contributed by atoms with Gasteiger partial charge in [0.15, 0.2) is 5.76 Å². The van der Waals surface area contributed by atoms with E-state index in [0.717, 1.165) is 21.1 Å². The van der Waals surface area contributed by atoms with E-state index in [1.807, 2.05) is 49.4 Å². The van der Waals surface area contributed by atoms with Crippen LogP contribution < -0.4 is 10.7 Å². The lowest BCUT2D eigenvalue weighted by Crippen LogP contribution is -2.36. The highest BCUT2D eigenvalue weighted by molar-refractivity contribution is 6.03. The van der Waals surface area contributed by atoms with E-state index >= 15 is 0 Å². The number of amides is 1. The molecule has 0 N–H and O–H groups in total. The van der Waals surface area contributed by atoms with Crippen molar-refractivity contribution in [2.75, 3.05) is 11.4 Å². The van der Waals surface area contributed by atoms with Gasteiger partial charge in [-0.2, -0.15) is 4.68 Å². The second-order valence-electron chi connectivity index (χ2n) is 5.94. The van der Waals surface area contributed by atoms with Crippen molar-refractivity contribution in [1.82, 2.24) is 9.78 Å². The first-order valence-electron chi connectivity index (χ1n) is 8.57. The minimum Gasteiger partial charge on any atom is -0.459 e. The van der Waals surface area contributed by atoms with Gasteiger partial charge in [0.2, 0.25) is 5.91 Å². The Bertz CT molecular complexity index is 1140. The highest BCUT2D eigenvalue weighted by Gasteiger charge is 2.20. The standard InChI is InChI=1S/C20H17N3O4/c1-2-22(16-10-5-8-14-7-3-4-9-15(14)16)18(24)13-23-20(25)27-19(21-23)17-11-6-12-26-17/h3-12H,2,13H2,1H3. The molecule has 0 atom stereocenters. The lowest BCUT2D eigenvalue weighted by Gasteiger charge is -2.22. The number of rotatable bonds is 5. The minimum atomic E-state index is -0.705. The van der Waals surface area contributed by atoms with E-state index in [2.05, 4.69) is 5.10 Å². The van der Waals surface area contributed by atoms with Crippen LogP contribution >= 0.6 is 0 Å². The summed E-state index contributed by atoms with van der Waals surface area (Å²) in [6.45, 7) is 2.13. The van der Waals surface area contributed by atoms with Gasteiger partial charge in [-0.25, -0.2) is 4.79 Å². The Hall–Kier alpha value is -3.61. The molecular weight excluding hydrogens is 346 g/mol. The molecule has 2 aromatic heterocycles. The first kappa shape index (κ1) is 16.8. The maximum Gasteiger partial charge on any atom is 0.437 e. The van der Waals surface area contributed by atoms with E-state index in [1.165, 1.54) is 6.26 Å². The topological polar surface area (TPSA) is 81.5 Å². The Morgan fingerprint density at radius 3 is 2.70 bits per heavy atom. The fraction of sp³-hybridized carbons (Fsp3) is 0.150. The van der Waals surface area contributed by atoms with Crippen LogP contribution in [-0.2, 0) is 11.3 Å². The average Bonchev–Trinajstić information content (AvgIpc) is 3.33. The summed E-state index contributed by atoms with van der Waals surface area (Å²) in [5.41, 5.74) is 0.795. The lowest BCUT2D eigenvalue weighted by atomic mass is 10.1. The van der Waals surface area contributed by atoms with E-state index in [9.17, 15) is 9.59 Å². The number of nitrogens with zero attached hydrogens (tertiary/aromatic N) is 3. The van der Waals surface area contributed by atoms with Gasteiger partial charge in [-0.05, 0) is 30.5 Å². The molecule has 0 spiro atoms. The van der Waals surface area contributed by atoms with E-state index in [-0.39, 0.29) is 18.3 Å². The minimum absolute atomic E-state index is 0.0472. The van der Waals surface area contributed by atoms with Gasteiger partial charge in [-0.1, -0.05) is 36.4 Å². The van der Waals surface area contributed by atoms with E-state index in [1.54, 1.807) is 17.0 Å². The highest BCUT2D eigenvalue weighted by atomic mass is 16.4. The van der Waals surface area contributed by atoms with Crippen molar-refractivity contribution >= 4 is 22.4 Å². The zero-order chi connectivity index (χ0) is 18.8. The fourth-order valence-electron chi connectivity index (χ4n) is 3.04. The number of benzene rings is 2. The molecule has 0 aliphatic heterocycles. The summed E-state index contributed by atoms with van der Waals surface area (Å²) < 4.78 is 11.3. The largest absolute Gasteiger partial charge is 0.459 e. The SMILES string of the molecule is CCN(C(=O)Cn1nc(-c2ccco2)oc1=O)c1cccc2ccccc12. The third-order valence-corrected chi connectivity index (χ3v) is 4.30. The molecule has 0 unspecified atom stereocenters. The number of fused-ring (bicyclic) bond motifs is 1. The monoisotopic (exact) mass is 363 g/mol. The number of carbonyl (C=O) groups is 1. The van der Waals surface area contributed by atoms with Crippen LogP contribution in [0.5, 0.6) is 0 Å². The second kappa shape index (κ2) is 6.95. The molecule has 0 aliphatic rings.